The Morgan fingerprint density at radius 3 is 3.25 bits per heavy atom. The van der Waals surface area contributed by atoms with E-state index in [2.05, 4.69) is 10.6 Å². The maximum atomic E-state index is 5.31. The van der Waals surface area contributed by atoms with Crippen molar-refractivity contribution in [1.29, 1.82) is 0 Å². The van der Waals surface area contributed by atoms with Gasteiger partial charge < -0.3 is 20.1 Å². The van der Waals surface area contributed by atoms with Crippen LogP contribution in [0.15, 0.2) is 0 Å². The number of rotatable bonds is 5. The Kier molecular flexibility index (Phi) is 5.27. The molecule has 4 nitrogen and oxygen atoms in total. The summed E-state index contributed by atoms with van der Waals surface area (Å²) in [5.41, 5.74) is 0. The van der Waals surface area contributed by atoms with Crippen molar-refractivity contribution in [3.8, 4) is 0 Å². The van der Waals surface area contributed by atoms with Gasteiger partial charge in [0.25, 0.3) is 0 Å². The fourth-order valence-electron chi connectivity index (χ4n) is 1.20. The zero-order chi connectivity index (χ0) is 8.65. The summed E-state index contributed by atoms with van der Waals surface area (Å²) in [7, 11) is 1.71. The molecule has 1 saturated heterocycles. The highest BCUT2D eigenvalue weighted by molar-refractivity contribution is 4.71. The van der Waals surface area contributed by atoms with Gasteiger partial charge >= 0.3 is 0 Å². The van der Waals surface area contributed by atoms with Crippen molar-refractivity contribution >= 4 is 0 Å². The predicted octanol–water partition coefficient (Wildman–Crippen LogP) is -0.789. The zero-order valence-electron chi connectivity index (χ0n) is 7.64. The molecule has 1 aliphatic heterocycles. The van der Waals surface area contributed by atoms with E-state index < -0.39 is 0 Å². The second kappa shape index (κ2) is 6.37. The largest absolute Gasteiger partial charge is 0.383 e. The molecule has 72 valence electrons. The van der Waals surface area contributed by atoms with Gasteiger partial charge in [0.15, 0.2) is 0 Å². The van der Waals surface area contributed by atoms with Crippen LogP contribution in [0.3, 0.4) is 0 Å². The van der Waals surface area contributed by atoms with Gasteiger partial charge in [-0.3, -0.25) is 0 Å². The van der Waals surface area contributed by atoms with Crippen LogP contribution >= 0.6 is 0 Å². The minimum atomic E-state index is 0.468. The molecule has 0 aromatic carbocycles. The molecule has 0 bridgehead atoms. The first-order valence-corrected chi connectivity index (χ1v) is 4.44. The molecule has 0 aromatic rings. The third-order valence-electron chi connectivity index (χ3n) is 1.87. The van der Waals surface area contributed by atoms with Gasteiger partial charge in [0.05, 0.1) is 19.8 Å². The van der Waals surface area contributed by atoms with Gasteiger partial charge in [0.2, 0.25) is 0 Å². The lowest BCUT2D eigenvalue weighted by Gasteiger charge is -2.23. The summed E-state index contributed by atoms with van der Waals surface area (Å²) in [5, 5.41) is 6.66. The van der Waals surface area contributed by atoms with Crippen LogP contribution in [0.5, 0.6) is 0 Å². The molecule has 1 rings (SSSR count). The van der Waals surface area contributed by atoms with Gasteiger partial charge in [0.1, 0.15) is 0 Å². The molecule has 1 fully saturated rings. The molecule has 2 N–H and O–H groups in total. The highest BCUT2D eigenvalue weighted by atomic mass is 16.5. The van der Waals surface area contributed by atoms with Gasteiger partial charge in [-0.1, -0.05) is 0 Å². The third-order valence-corrected chi connectivity index (χ3v) is 1.87. The van der Waals surface area contributed by atoms with E-state index in [-0.39, 0.29) is 0 Å². The third kappa shape index (κ3) is 4.01. The number of hydrogen-bond acceptors (Lipinski definition) is 4. The molecular formula is C8H18N2O2. The van der Waals surface area contributed by atoms with Crippen LogP contribution in [0.2, 0.25) is 0 Å². The highest BCUT2D eigenvalue weighted by Gasteiger charge is 2.11. The van der Waals surface area contributed by atoms with E-state index in [1.165, 1.54) is 0 Å². The molecule has 12 heavy (non-hydrogen) atoms. The summed E-state index contributed by atoms with van der Waals surface area (Å²) < 4.78 is 10.2. The first kappa shape index (κ1) is 9.92. The first-order chi connectivity index (χ1) is 5.93. The van der Waals surface area contributed by atoms with Crippen molar-refractivity contribution in [1.82, 2.24) is 10.6 Å². The van der Waals surface area contributed by atoms with Crippen molar-refractivity contribution in [2.75, 3.05) is 46.6 Å². The molecule has 0 amide bonds. The summed E-state index contributed by atoms with van der Waals surface area (Å²) in [6.45, 7) is 5.27. The van der Waals surface area contributed by atoms with Crippen LogP contribution in [-0.2, 0) is 9.47 Å². The number of methoxy groups -OCH3 is 1. The van der Waals surface area contributed by atoms with Crippen molar-refractivity contribution in [2.45, 2.75) is 6.04 Å². The molecule has 0 aromatic heterocycles. The van der Waals surface area contributed by atoms with Crippen molar-refractivity contribution < 1.29 is 9.47 Å². The second-order valence-electron chi connectivity index (χ2n) is 2.92. The maximum Gasteiger partial charge on any atom is 0.0632 e. The van der Waals surface area contributed by atoms with Gasteiger partial charge in [-0.25, -0.2) is 0 Å². The highest BCUT2D eigenvalue weighted by Crippen LogP contribution is 1.90. The minimum Gasteiger partial charge on any atom is -0.383 e. The molecular weight excluding hydrogens is 156 g/mol. The lowest BCUT2D eigenvalue weighted by atomic mass is 10.3. The Bertz CT molecular complexity index is 105. The molecule has 0 aliphatic carbocycles. The Morgan fingerprint density at radius 2 is 2.58 bits per heavy atom. The average Bonchev–Trinajstić information content (AvgIpc) is 2.14. The Balaban J connectivity index is 1.91. The van der Waals surface area contributed by atoms with E-state index in [0.29, 0.717) is 6.04 Å². The molecule has 0 spiro atoms. The van der Waals surface area contributed by atoms with E-state index in [1.54, 1.807) is 7.11 Å². The van der Waals surface area contributed by atoms with Crippen LogP contribution in [0.25, 0.3) is 0 Å². The fourth-order valence-corrected chi connectivity index (χ4v) is 1.20. The van der Waals surface area contributed by atoms with E-state index in [4.69, 9.17) is 9.47 Å². The van der Waals surface area contributed by atoms with E-state index in [9.17, 15) is 0 Å². The fraction of sp³-hybridized carbons (Fsp3) is 1.00. The van der Waals surface area contributed by atoms with Gasteiger partial charge in [0, 0.05) is 32.8 Å². The van der Waals surface area contributed by atoms with Crippen LogP contribution in [0, 0.1) is 0 Å². The summed E-state index contributed by atoms with van der Waals surface area (Å²) in [6.07, 6.45) is 0. The Morgan fingerprint density at radius 1 is 1.67 bits per heavy atom. The van der Waals surface area contributed by atoms with Crippen LogP contribution in [0.4, 0.5) is 0 Å². The van der Waals surface area contributed by atoms with Gasteiger partial charge in [-0.05, 0) is 0 Å². The minimum absolute atomic E-state index is 0.468. The summed E-state index contributed by atoms with van der Waals surface area (Å²) in [6, 6.07) is 0.468. The number of morpholine rings is 1. The molecule has 0 unspecified atom stereocenters. The van der Waals surface area contributed by atoms with Crippen molar-refractivity contribution in [3.63, 3.8) is 0 Å². The van der Waals surface area contributed by atoms with Gasteiger partial charge in [-0.15, -0.1) is 0 Å². The van der Waals surface area contributed by atoms with Crippen LogP contribution < -0.4 is 10.6 Å². The first-order valence-electron chi connectivity index (χ1n) is 4.44. The second-order valence-corrected chi connectivity index (χ2v) is 2.92. The van der Waals surface area contributed by atoms with Crippen LogP contribution in [-0.4, -0.2) is 52.6 Å². The monoisotopic (exact) mass is 174 g/mol. The van der Waals surface area contributed by atoms with Crippen molar-refractivity contribution in [3.05, 3.63) is 0 Å². The van der Waals surface area contributed by atoms with E-state index in [0.717, 1.165) is 39.5 Å². The lowest BCUT2D eigenvalue weighted by Crippen LogP contribution is -2.47. The van der Waals surface area contributed by atoms with Gasteiger partial charge in [-0.2, -0.15) is 0 Å². The van der Waals surface area contributed by atoms with E-state index in [1.807, 2.05) is 0 Å². The summed E-state index contributed by atoms with van der Waals surface area (Å²) in [5.74, 6) is 0. The lowest BCUT2D eigenvalue weighted by molar-refractivity contribution is 0.0760. The summed E-state index contributed by atoms with van der Waals surface area (Å²) in [4.78, 5) is 0. The molecule has 1 aliphatic rings. The smallest absolute Gasteiger partial charge is 0.0632 e. The standard InChI is InChI=1S/C8H18N2O2/c1-11-4-2-9-6-8-7-12-5-3-10-8/h8-10H,2-7H2,1H3/t8-/m0/s1. The Labute approximate surface area is 73.6 Å². The Hall–Kier alpha value is -0.160. The molecule has 0 radical (unpaired) electrons. The zero-order valence-corrected chi connectivity index (χ0v) is 7.64. The molecule has 0 saturated carbocycles. The molecule has 4 heteroatoms. The topological polar surface area (TPSA) is 42.5 Å². The maximum absolute atomic E-state index is 5.31. The quantitative estimate of drug-likeness (QED) is 0.536. The molecule has 1 heterocycles. The normalized spacial score (nSPS) is 24.2. The number of hydrogen-bond donors (Lipinski definition) is 2. The van der Waals surface area contributed by atoms with Crippen LogP contribution in [0.1, 0.15) is 0 Å². The number of ether oxygens (including phenoxy) is 2. The summed E-state index contributed by atoms with van der Waals surface area (Å²) >= 11 is 0. The predicted molar refractivity (Wildman–Crippen MR) is 47.4 cm³/mol. The SMILES string of the molecule is COCCNC[C@H]1COCCN1. The molecule has 1 atom stereocenters. The average molecular weight is 174 g/mol. The van der Waals surface area contributed by atoms with Crippen molar-refractivity contribution in [2.24, 2.45) is 0 Å². The number of nitrogens with one attached hydrogen (secondary N) is 2. The van der Waals surface area contributed by atoms with E-state index >= 15 is 0 Å².